The number of rotatable bonds is 5. The van der Waals surface area contributed by atoms with Crippen LogP contribution in [0.2, 0.25) is 0 Å². The molecule has 4 rings (SSSR count). The molecular formula is C21H26N6O5S. The van der Waals surface area contributed by atoms with Crippen LogP contribution in [0.25, 0.3) is 10.2 Å². The summed E-state index contributed by atoms with van der Waals surface area (Å²) in [4.78, 5) is 57.2. The molecule has 0 radical (unpaired) electrons. The maximum absolute atomic E-state index is 12.5. The molecule has 1 aliphatic rings. The van der Waals surface area contributed by atoms with E-state index in [0.29, 0.717) is 22.5 Å². The van der Waals surface area contributed by atoms with Crippen molar-refractivity contribution in [1.29, 1.82) is 0 Å². The van der Waals surface area contributed by atoms with Gasteiger partial charge in [0.1, 0.15) is 10.4 Å². The highest BCUT2D eigenvalue weighted by atomic mass is 32.1. The topological polar surface area (TPSA) is 141 Å². The minimum absolute atomic E-state index is 0.193. The van der Waals surface area contributed by atoms with Crippen molar-refractivity contribution in [3.63, 3.8) is 0 Å². The second-order valence-electron chi connectivity index (χ2n) is 7.28. The van der Waals surface area contributed by atoms with Gasteiger partial charge in [0.05, 0.1) is 17.4 Å². The van der Waals surface area contributed by atoms with E-state index in [1.807, 2.05) is 12.1 Å². The van der Waals surface area contributed by atoms with E-state index in [9.17, 15) is 14.4 Å². The average molecular weight is 475 g/mol. The van der Waals surface area contributed by atoms with Crippen LogP contribution >= 0.6 is 11.3 Å². The minimum Gasteiger partial charge on any atom is -0.483 e. The zero-order valence-electron chi connectivity index (χ0n) is 18.4. The number of carboxylic acid groups (broad SMARTS) is 1. The van der Waals surface area contributed by atoms with Crippen molar-refractivity contribution in [3.8, 4) is 0 Å². The average Bonchev–Trinajstić information content (AvgIpc) is 3.22. The predicted octanol–water partition coefficient (Wildman–Crippen LogP) is 0.549. The summed E-state index contributed by atoms with van der Waals surface area (Å²) in [5.41, 5.74) is 1.45. The molecule has 3 aromatic rings. The monoisotopic (exact) mass is 474 g/mol. The molecule has 0 atom stereocenters. The smallest absolute Gasteiger partial charge is 0.328 e. The summed E-state index contributed by atoms with van der Waals surface area (Å²) in [6.07, 6.45) is 1.74. The van der Waals surface area contributed by atoms with Gasteiger partial charge in [-0.25, -0.2) is 9.78 Å². The zero-order chi connectivity index (χ0) is 24.0. The molecule has 4 heterocycles. The van der Waals surface area contributed by atoms with E-state index in [2.05, 4.69) is 25.1 Å². The van der Waals surface area contributed by atoms with Gasteiger partial charge in [0.25, 0.3) is 17.9 Å². The summed E-state index contributed by atoms with van der Waals surface area (Å²) in [5, 5.41) is 9.46. The van der Waals surface area contributed by atoms with Gasteiger partial charge in [-0.05, 0) is 25.1 Å². The lowest BCUT2D eigenvalue weighted by molar-refractivity contribution is -0.122. The summed E-state index contributed by atoms with van der Waals surface area (Å²) in [6.45, 7) is 6.10. The lowest BCUT2D eigenvalue weighted by Crippen LogP contribution is -2.45. The van der Waals surface area contributed by atoms with Crippen LogP contribution in [0.4, 0.5) is 5.69 Å². The fourth-order valence-corrected chi connectivity index (χ4v) is 4.78. The van der Waals surface area contributed by atoms with Crippen molar-refractivity contribution >= 4 is 39.6 Å². The molecule has 3 N–H and O–H groups in total. The lowest BCUT2D eigenvalue weighted by Gasteiger charge is -2.35. The molecule has 0 unspecified atom stereocenters. The van der Waals surface area contributed by atoms with Crippen LogP contribution in [0, 0.1) is 0 Å². The fourth-order valence-electron chi connectivity index (χ4n) is 3.68. The molecule has 33 heavy (non-hydrogen) atoms. The first-order valence-corrected chi connectivity index (χ1v) is 11.2. The quantitative estimate of drug-likeness (QED) is 0.456. The van der Waals surface area contributed by atoms with Gasteiger partial charge in [0.15, 0.2) is 0 Å². The normalized spacial score (nSPS) is 13.9. The number of hydrogen-bond donors (Lipinski definition) is 3. The highest BCUT2D eigenvalue weighted by Crippen LogP contribution is 2.23. The Hall–Kier alpha value is -3.51. The molecule has 12 heteroatoms. The fraction of sp³-hybridized carbons (Fsp3) is 0.381. The van der Waals surface area contributed by atoms with Crippen LogP contribution in [0.15, 0.2) is 34.0 Å². The van der Waals surface area contributed by atoms with Gasteiger partial charge in [-0.2, -0.15) is 0 Å². The summed E-state index contributed by atoms with van der Waals surface area (Å²) in [6, 6.07) is 5.58. The van der Waals surface area contributed by atoms with E-state index >= 15 is 0 Å². The van der Waals surface area contributed by atoms with Crippen LogP contribution in [0.5, 0.6) is 0 Å². The van der Waals surface area contributed by atoms with Crippen molar-refractivity contribution < 1.29 is 14.7 Å². The second-order valence-corrected chi connectivity index (χ2v) is 8.42. The van der Waals surface area contributed by atoms with Gasteiger partial charge in [-0.3, -0.25) is 23.9 Å². The van der Waals surface area contributed by atoms with Crippen molar-refractivity contribution in [3.05, 3.63) is 55.8 Å². The molecule has 0 aromatic carbocycles. The number of carbonyl (C=O) groups excluding carboxylic acids is 1. The van der Waals surface area contributed by atoms with Crippen LogP contribution in [0.3, 0.4) is 0 Å². The van der Waals surface area contributed by atoms with Gasteiger partial charge in [-0.1, -0.05) is 0 Å². The van der Waals surface area contributed by atoms with Crippen LogP contribution in [-0.2, 0) is 17.9 Å². The number of anilines is 1. The van der Waals surface area contributed by atoms with Gasteiger partial charge in [-0.15, -0.1) is 11.3 Å². The molecule has 11 nitrogen and oxygen atoms in total. The van der Waals surface area contributed by atoms with Crippen molar-refractivity contribution in [2.75, 3.05) is 38.1 Å². The number of nitrogens with zero attached hydrogens (tertiary/aromatic N) is 4. The van der Waals surface area contributed by atoms with Gasteiger partial charge >= 0.3 is 5.69 Å². The van der Waals surface area contributed by atoms with Gasteiger partial charge in [0, 0.05) is 51.2 Å². The molecular weight excluding hydrogens is 448 g/mol. The molecule has 3 aromatic heterocycles. The first-order chi connectivity index (χ1) is 15.9. The molecule has 0 bridgehead atoms. The zero-order valence-corrected chi connectivity index (χ0v) is 19.2. The Morgan fingerprint density at radius 2 is 1.97 bits per heavy atom. The summed E-state index contributed by atoms with van der Waals surface area (Å²) >= 11 is 1.45. The second kappa shape index (κ2) is 10.9. The number of carbonyl (C=O) groups is 2. The number of nitrogens with one attached hydrogen (secondary N) is 2. The highest BCUT2D eigenvalue weighted by Gasteiger charge is 2.19. The third-order valence-electron chi connectivity index (χ3n) is 5.35. The first kappa shape index (κ1) is 24.1. The summed E-state index contributed by atoms with van der Waals surface area (Å²) < 4.78 is 1.83. The number of aromatic amines is 1. The van der Waals surface area contributed by atoms with Gasteiger partial charge in [0.2, 0.25) is 0 Å². The molecule has 0 aliphatic carbocycles. The largest absolute Gasteiger partial charge is 0.483 e. The van der Waals surface area contributed by atoms with Crippen LogP contribution in [0.1, 0.15) is 22.3 Å². The van der Waals surface area contributed by atoms with E-state index in [4.69, 9.17) is 9.90 Å². The number of amides is 1. The van der Waals surface area contributed by atoms with E-state index in [1.165, 1.54) is 15.9 Å². The Labute approximate surface area is 193 Å². The number of hydrogen-bond acceptors (Lipinski definition) is 8. The molecule has 176 valence electrons. The maximum atomic E-state index is 12.5. The Bertz CT molecular complexity index is 1220. The number of pyridine rings is 1. The number of H-pyrrole nitrogens is 1. The first-order valence-electron chi connectivity index (χ1n) is 10.4. The highest BCUT2D eigenvalue weighted by molar-refractivity contribution is 7.18. The summed E-state index contributed by atoms with van der Waals surface area (Å²) in [5.74, 6) is -0.193. The van der Waals surface area contributed by atoms with E-state index < -0.39 is 0 Å². The maximum Gasteiger partial charge on any atom is 0.328 e. The standard InChI is InChI=1S/C20H24N6O3S.CH2O2/c1-3-26-19(28)17-16(23-20(26)29)10-14(30-17)12-24-6-8-25(9-7-24)13-4-5-15(22-11-13)18(27)21-2;2-1-3/h4-5,10-11H,3,6-9,12H2,1-2H3,(H,21,27)(H,23,29);1H,(H,2,3). The van der Waals surface area contributed by atoms with Crippen LogP contribution < -0.4 is 21.5 Å². The molecule has 0 spiro atoms. The number of piperazine rings is 1. The lowest BCUT2D eigenvalue weighted by atomic mass is 10.2. The van der Waals surface area contributed by atoms with Crippen LogP contribution in [-0.4, -0.2) is 70.1 Å². The minimum atomic E-state index is -0.357. The van der Waals surface area contributed by atoms with Gasteiger partial charge < -0.3 is 20.3 Å². The van der Waals surface area contributed by atoms with E-state index in [-0.39, 0.29) is 23.6 Å². The number of thiophene rings is 1. The van der Waals surface area contributed by atoms with Crippen molar-refractivity contribution in [1.82, 2.24) is 24.8 Å². The molecule has 1 fully saturated rings. The van der Waals surface area contributed by atoms with E-state index in [1.54, 1.807) is 26.2 Å². The number of fused-ring (bicyclic) bond motifs is 1. The molecule has 1 saturated heterocycles. The Balaban J connectivity index is 0.000000968. The molecule has 1 aliphatic heterocycles. The van der Waals surface area contributed by atoms with Crippen molar-refractivity contribution in [2.45, 2.75) is 20.0 Å². The Morgan fingerprint density at radius 1 is 1.27 bits per heavy atom. The Morgan fingerprint density at radius 3 is 2.55 bits per heavy atom. The molecule has 1 amide bonds. The third-order valence-corrected chi connectivity index (χ3v) is 6.46. The van der Waals surface area contributed by atoms with E-state index in [0.717, 1.165) is 43.3 Å². The SMILES string of the molecule is CCn1c(=O)[nH]c2cc(CN3CCN(c4ccc(C(=O)NC)nc4)CC3)sc2c1=O.O=CO. The predicted molar refractivity (Wildman–Crippen MR) is 126 cm³/mol. The van der Waals surface area contributed by atoms with Crippen molar-refractivity contribution in [2.24, 2.45) is 0 Å². The number of aromatic nitrogens is 3. The summed E-state index contributed by atoms with van der Waals surface area (Å²) in [7, 11) is 1.59. The Kier molecular flexibility index (Phi) is 7.96. The third kappa shape index (κ3) is 5.46. The molecule has 0 saturated carbocycles.